The van der Waals surface area contributed by atoms with Gasteiger partial charge in [-0.2, -0.15) is 0 Å². The lowest BCUT2D eigenvalue weighted by atomic mass is 10.2. The standard InChI is InChI=1S/C13H10N4O2S/c18-10(19)3-6-17-4-1-9(2-5-17)11-12-13(15-7-14-11)20-8-16-12/h1-2,4-5,7-8H,3,6H2/p+1. The van der Waals surface area contributed by atoms with E-state index in [0.29, 0.717) is 6.54 Å². The lowest BCUT2D eigenvalue weighted by Crippen LogP contribution is -2.33. The van der Waals surface area contributed by atoms with Crippen LogP contribution in [0.3, 0.4) is 0 Å². The van der Waals surface area contributed by atoms with Gasteiger partial charge in [0.1, 0.15) is 28.8 Å². The first-order chi connectivity index (χ1) is 9.74. The van der Waals surface area contributed by atoms with Crippen molar-refractivity contribution >= 4 is 27.7 Å². The Labute approximate surface area is 118 Å². The fourth-order valence-corrected chi connectivity index (χ4v) is 2.52. The fourth-order valence-electron chi connectivity index (χ4n) is 1.89. The van der Waals surface area contributed by atoms with Crippen molar-refractivity contribution < 1.29 is 14.5 Å². The van der Waals surface area contributed by atoms with E-state index >= 15 is 0 Å². The number of pyridine rings is 1. The fraction of sp³-hybridized carbons (Fsp3) is 0.154. The molecule has 0 bridgehead atoms. The summed E-state index contributed by atoms with van der Waals surface area (Å²) in [5.74, 6) is -0.804. The third-order valence-corrected chi connectivity index (χ3v) is 3.62. The smallest absolute Gasteiger partial charge is 0.309 e. The number of nitrogens with zero attached hydrogens (tertiary/aromatic N) is 4. The number of carbonyl (C=O) groups is 1. The van der Waals surface area contributed by atoms with Gasteiger partial charge >= 0.3 is 5.97 Å². The highest BCUT2D eigenvalue weighted by molar-refractivity contribution is 7.16. The molecule has 0 aliphatic carbocycles. The highest BCUT2D eigenvalue weighted by Crippen LogP contribution is 2.25. The highest BCUT2D eigenvalue weighted by Gasteiger charge is 2.11. The third-order valence-electron chi connectivity index (χ3n) is 2.88. The summed E-state index contributed by atoms with van der Waals surface area (Å²) < 4.78 is 1.83. The van der Waals surface area contributed by atoms with Crippen molar-refractivity contribution in [2.75, 3.05) is 0 Å². The van der Waals surface area contributed by atoms with Crippen LogP contribution in [0.5, 0.6) is 0 Å². The zero-order valence-electron chi connectivity index (χ0n) is 10.4. The second kappa shape index (κ2) is 5.30. The average Bonchev–Trinajstić information content (AvgIpc) is 2.94. The summed E-state index contributed by atoms with van der Waals surface area (Å²) in [4.78, 5) is 24.1. The molecule has 0 aromatic carbocycles. The molecule has 3 rings (SSSR count). The van der Waals surface area contributed by atoms with Crippen LogP contribution in [-0.2, 0) is 11.3 Å². The number of aromatic nitrogens is 4. The Morgan fingerprint density at radius 2 is 2.05 bits per heavy atom. The second-order valence-electron chi connectivity index (χ2n) is 4.20. The topological polar surface area (TPSA) is 79.9 Å². The lowest BCUT2D eigenvalue weighted by Gasteiger charge is -2.00. The number of rotatable bonds is 4. The van der Waals surface area contributed by atoms with Crippen molar-refractivity contribution in [3.05, 3.63) is 36.4 Å². The minimum atomic E-state index is -0.804. The van der Waals surface area contributed by atoms with Gasteiger partial charge < -0.3 is 5.11 Å². The van der Waals surface area contributed by atoms with Crippen molar-refractivity contribution in [3.8, 4) is 11.3 Å². The van der Waals surface area contributed by atoms with Crippen LogP contribution in [-0.4, -0.2) is 26.0 Å². The van der Waals surface area contributed by atoms with Gasteiger partial charge in [-0.05, 0) is 0 Å². The summed E-state index contributed by atoms with van der Waals surface area (Å²) in [5, 5.41) is 8.66. The van der Waals surface area contributed by atoms with E-state index in [-0.39, 0.29) is 6.42 Å². The van der Waals surface area contributed by atoms with E-state index in [9.17, 15) is 4.79 Å². The quantitative estimate of drug-likeness (QED) is 0.736. The molecule has 20 heavy (non-hydrogen) atoms. The van der Waals surface area contributed by atoms with E-state index in [1.54, 1.807) is 5.51 Å². The largest absolute Gasteiger partial charge is 0.481 e. The first kappa shape index (κ1) is 12.6. The second-order valence-corrected chi connectivity index (χ2v) is 5.03. The van der Waals surface area contributed by atoms with Crippen LogP contribution in [0.25, 0.3) is 21.6 Å². The SMILES string of the molecule is O=C(O)CC[n+]1ccc(-c2ncnc3scnc23)cc1. The maximum absolute atomic E-state index is 10.5. The molecule has 0 fully saturated rings. The minimum Gasteiger partial charge on any atom is -0.481 e. The van der Waals surface area contributed by atoms with Crippen LogP contribution in [0.15, 0.2) is 36.4 Å². The molecule has 1 N–H and O–H groups in total. The Kier molecular flexibility index (Phi) is 3.34. The molecule has 0 amide bonds. The van der Waals surface area contributed by atoms with Crippen molar-refractivity contribution in [2.45, 2.75) is 13.0 Å². The summed E-state index contributed by atoms with van der Waals surface area (Å²) in [6.07, 6.45) is 5.33. The number of aliphatic carboxylic acids is 1. The van der Waals surface area contributed by atoms with E-state index in [1.807, 2.05) is 29.1 Å². The molecule has 0 radical (unpaired) electrons. The maximum atomic E-state index is 10.5. The third kappa shape index (κ3) is 2.48. The molecule has 7 heteroatoms. The molecular formula is C13H11N4O2S+. The number of fused-ring (bicyclic) bond motifs is 1. The van der Waals surface area contributed by atoms with E-state index in [2.05, 4.69) is 15.0 Å². The van der Waals surface area contributed by atoms with Crippen LogP contribution in [0.1, 0.15) is 6.42 Å². The number of carboxylic acid groups (broad SMARTS) is 1. The molecule has 3 aromatic heterocycles. The van der Waals surface area contributed by atoms with Gasteiger partial charge in [0.15, 0.2) is 18.9 Å². The summed E-state index contributed by atoms with van der Waals surface area (Å²) in [6.45, 7) is 0.450. The normalized spacial score (nSPS) is 10.8. The van der Waals surface area contributed by atoms with Crippen molar-refractivity contribution in [2.24, 2.45) is 0 Å². The zero-order valence-corrected chi connectivity index (χ0v) is 11.2. The van der Waals surface area contributed by atoms with Crippen LogP contribution >= 0.6 is 11.3 Å². The van der Waals surface area contributed by atoms with E-state index in [4.69, 9.17) is 5.11 Å². The number of aryl methyl sites for hydroxylation is 1. The predicted octanol–water partition coefficient (Wildman–Crippen LogP) is 1.52. The molecule has 0 aliphatic rings. The molecule has 0 unspecified atom stereocenters. The Balaban J connectivity index is 1.91. The number of thiazole rings is 1. The predicted molar refractivity (Wildman–Crippen MR) is 73.1 cm³/mol. The van der Waals surface area contributed by atoms with Gasteiger partial charge in [0.05, 0.1) is 5.51 Å². The average molecular weight is 287 g/mol. The van der Waals surface area contributed by atoms with Gasteiger partial charge in [0.2, 0.25) is 0 Å². The van der Waals surface area contributed by atoms with Crippen molar-refractivity contribution in [1.29, 1.82) is 0 Å². The number of hydrogen-bond acceptors (Lipinski definition) is 5. The Morgan fingerprint density at radius 3 is 2.80 bits per heavy atom. The van der Waals surface area contributed by atoms with Crippen molar-refractivity contribution in [1.82, 2.24) is 15.0 Å². The Morgan fingerprint density at radius 1 is 1.25 bits per heavy atom. The molecular weight excluding hydrogens is 276 g/mol. The maximum Gasteiger partial charge on any atom is 0.309 e. The van der Waals surface area contributed by atoms with E-state index in [0.717, 1.165) is 21.6 Å². The van der Waals surface area contributed by atoms with Crippen molar-refractivity contribution in [3.63, 3.8) is 0 Å². The summed E-state index contributed by atoms with van der Waals surface area (Å²) in [5.41, 5.74) is 4.27. The van der Waals surface area contributed by atoms with E-state index in [1.165, 1.54) is 17.7 Å². The highest BCUT2D eigenvalue weighted by atomic mass is 32.1. The summed E-state index contributed by atoms with van der Waals surface area (Å²) in [7, 11) is 0. The zero-order chi connectivity index (χ0) is 13.9. The van der Waals surface area contributed by atoms with Gasteiger partial charge in [-0.25, -0.2) is 19.5 Å². The van der Waals surface area contributed by atoms with Gasteiger partial charge in [-0.1, -0.05) is 0 Å². The molecule has 100 valence electrons. The molecule has 0 spiro atoms. The van der Waals surface area contributed by atoms with Gasteiger partial charge in [0, 0.05) is 17.7 Å². The molecule has 0 aliphatic heterocycles. The number of hydrogen-bond donors (Lipinski definition) is 1. The first-order valence-electron chi connectivity index (χ1n) is 5.99. The Bertz CT molecular complexity index is 754. The summed E-state index contributed by atoms with van der Waals surface area (Å²) >= 11 is 1.48. The van der Waals surface area contributed by atoms with Gasteiger partial charge in [-0.15, -0.1) is 11.3 Å². The van der Waals surface area contributed by atoms with Gasteiger partial charge in [0.25, 0.3) is 0 Å². The molecule has 0 saturated heterocycles. The molecule has 0 atom stereocenters. The monoisotopic (exact) mass is 287 g/mol. The molecule has 6 nitrogen and oxygen atoms in total. The lowest BCUT2D eigenvalue weighted by molar-refractivity contribution is -0.695. The molecule has 0 saturated carbocycles. The van der Waals surface area contributed by atoms with Gasteiger partial charge in [-0.3, -0.25) is 4.79 Å². The van der Waals surface area contributed by atoms with Crippen LogP contribution in [0, 0.1) is 0 Å². The minimum absolute atomic E-state index is 0.105. The Hall–Kier alpha value is -2.41. The van der Waals surface area contributed by atoms with Crippen LogP contribution in [0.2, 0.25) is 0 Å². The number of carboxylic acids is 1. The molecule has 3 heterocycles. The van der Waals surface area contributed by atoms with Crippen LogP contribution < -0.4 is 4.57 Å². The van der Waals surface area contributed by atoms with Crippen LogP contribution in [0.4, 0.5) is 0 Å². The molecule has 3 aromatic rings. The first-order valence-corrected chi connectivity index (χ1v) is 6.87. The summed E-state index contributed by atoms with van der Waals surface area (Å²) in [6, 6.07) is 3.81. The van der Waals surface area contributed by atoms with E-state index < -0.39 is 5.97 Å².